The number of thiophene rings is 1. The maximum Gasteiger partial charge on any atom is 0.102 e. The average Bonchev–Trinajstić information content (AvgIpc) is 3.33. The second-order valence-corrected chi connectivity index (χ2v) is 10.2. The molecule has 0 N–H and O–H groups in total. The van der Waals surface area contributed by atoms with E-state index in [1.165, 1.54) is 32.3 Å². The normalized spacial score (nSPS) is 10.9. The lowest BCUT2D eigenvalue weighted by molar-refractivity contribution is 1.29. The first-order chi connectivity index (χ1) is 17.0. The largest absolute Gasteiger partial charge is 0.302 e. The third kappa shape index (κ3) is 5.01. The molecule has 0 saturated carbocycles. The highest BCUT2D eigenvalue weighted by Crippen LogP contribution is 2.45. The van der Waals surface area contributed by atoms with Crippen molar-refractivity contribution in [3.8, 4) is 0 Å². The summed E-state index contributed by atoms with van der Waals surface area (Å²) in [4.78, 5) is 4.69. The SMILES string of the molecule is Cc1ccc(N(c2ccc(C)cc2)c2ccc(N(c3ccc(C)cc3)c3ccc(C)cc3)s2)cc1. The van der Waals surface area contributed by atoms with Crippen LogP contribution in [0.4, 0.5) is 32.8 Å². The summed E-state index contributed by atoms with van der Waals surface area (Å²) in [7, 11) is 0. The Morgan fingerprint density at radius 1 is 0.343 bits per heavy atom. The molecule has 0 fully saturated rings. The molecular formula is C32H30N2S. The van der Waals surface area contributed by atoms with Crippen LogP contribution in [0.1, 0.15) is 22.3 Å². The summed E-state index contributed by atoms with van der Waals surface area (Å²) < 4.78 is 0. The molecule has 174 valence electrons. The van der Waals surface area contributed by atoms with E-state index in [-0.39, 0.29) is 0 Å². The summed E-state index contributed by atoms with van der Waals surface area (Å²) >= 11 is 1.80. The van der Waals surface area contributed by atoms with E-state index in [0.717, 1.165) is 22.7 Å². The van der Waals surface area contributed by atoms with Gasteiger partial charge in [-0.05, 0) is 88.4 Å². The fraction of sp³-hybridized carbons (Fsp3) is 0.125. The molecule has 1 aromatic heterocycles. The molecule has 5 aromatic rings. The van der Waals surface area contributed by atoms with Crippen molar-refractivity contribution >= 4 is 44.1 Å². The van der Waals surface area contributed by atoms with Crippen LogP contribution in [0.3, 0.4) is 0 Å². The number of hydrogen-bond acceptors (Lipinski definition) is 3. The third-order valence-electron chi connectivity index (χ3n) is 6.19. The molecule has 0 saturated heterocycles. The van der Waals surface area contributed by atoms with Crippen LogP contribution in [0.25, 0.3) is 0 Å². The molecule has 0 aliphatic carbocycles. The van der Waals surface area contributed by atoms with E-state index in [2.05, 4.69) is 147 Å². The van der Waals surface area contributed by atoms with E-state index in [0.29, 0.717) is 0 Å². The van der Waals surface area contributed by atoms with Crippen LogP contribution in [0.2, 0.25) is 0 Å². The van der Waals surface area contributed by atoms with Gasteiger partial charge in [0.15, 0.2) is 0 Å². The van der Waals surface area contributed by atoms with Gasteiger partial charge < -0.3 is 9.80 Å². The van der Waals surface area contributed by atoms with Gasteiger partial charge >= 0.3 is 0 Å². The van der Waals surface area contributed by atoms with Crippen molar-refractivity contribution in [2.75, 3.05) is 9.80 Å². The highest BCUT2D eigenvalue weighted by Gasteiger charge is 2.19. The zero-order valence-corrected chi connectivity index (χ0v) is 21.5. The van der Waals surface area contributed by atoms with Crippen LogP contribution < -0.4 is 9.80 Å². The Balaban J connectivity index is 1.61. The van der Waals surface area contributed by atoms with Gasteiger partial charge in [0.25, 0.3) is 0 Å². The average molecular weight is 475 g/mol. The van der Waals surface area contributed by atoms with Gasteiger partial charge in [-0.1, -0.05) is 82.1 Å². The molecule has 0 spiro atoms. The van der Waals surface area contributed by atoms with Crippen LogP contribution >= 0.6 is 11.3 Å². The quantitative estimate of drug-likeness (QED) is 0.241. The minimum atomic E-state index is 1.16. The Kier molecular flexibility index (Phi) is 6.43. The first-order valence-electron chi connectivity index (χ1n) is 11.9. The van der Waals surface area contributed by atoms with E-state index in [9.17, 15) is 0 Å². The third-order valence-corrected chi connectivity index (χ3v) is 7.24. The second kappa shape index (κ2) is 9.81. The Morgan fingerprint density at radius 2 is 0.571 bits per heavy atom. The van der Waals surface area contributed by atoms with Crippen molar-refractivity contribution in [1.29, 1.82) is 0 Å². The molecule has 0 aliphatic heterocycles. The fourth-order valence-corrected chi connectivity index (χ4v) is 5.23. The minimum absolute atomic E-state index is 1.16. The predicted molar refractivity (Wildman–Crippen MR) is 153 cm³/mol. The molecule has 35 heavy (non-hydrogen) atoms. The molecule has 0 atom stereocenters. The lowest BCUT2D eigenvalue weighted by Crippen LogP contribution is -2.09. The maximum absolute atomic E-state index is 2.34. The Bertz CT molecular complexity index is 1200. The van der Waals surface area contributed by atoms with Crippen molar-refractivity contribution < 1.29 is 0 Å². The van der Waals surface area contributed by atoms with Gasteiger partial charge in [0.1, 0.15) is 10.0 Å². The van der Waals surface area contributed by atoms with E-state index >= 15 is 0 Å². The molecule has 0 aliphatic rings. The van der Waals surface area contributed by atoms with E-state index in [1.807, 2.05) is 0 Å². The van der Waals surface area contributed by atoms with Gasteiger partial charge in [-0.15, -0.1) is 0 Å². The smallest absolute Gasteiger partial charge is 0.102 e. The Morgan fingerprint density at radius 3 is 0.800 bits per heavy atom. The molecule has 2 nitrogen and oxygen atoms in total. The fourth-order valence-electron chi connectivity index (χ4n) is 4.14. The minimum Gasteiger partial charge on any atom is -0.302 e. The summed E-state index contributed by atoms with van der Waals surface area (Å²) in [5.41, 5.74) is 9.66. The molecule has 4 aromatic carbocycles. The highest BCUT2D eigenvalue weighted by molar-refractivity contribution is 7.20. The summed E-state index contributed by atoms with van der Waals surface area (Å²) in [6, 6.07) is 39.5. The van der Waals surface area contributed by atoms with Gasteiger partial charge in [-0.2, -0.15) is 0 Å². The Labute approximate surface area is 212 Å². The maximum atomic E-state index is 2.34. The monoisotopic (exact) mass is 474 g/mol. The molecule has 0 unspecified atom stereocenters. The lowest BCUT2D eigenvalue weighted by atomic mass is 10.1. The highest BCUT2D eigenvalue weighted by atomic mass is 32.1. The van der Waals surface area contributed by atoms with Gasteiger partial charge in [-0.25, -0.2) is 0 Å². The first kappa shape index (κ1) is 22.9. The van der Waals surface area contributed by atoms with Crippen molar-refractivity contribution in [2.45, 2.75) is 27.7 Å². The molecule has 3 heteroatoms. The number of nitrogens with zero attached hydrogens (tertiary/aromatic N) is 2. The summed E-state index contributed by atoms with van der Waals surface area (Å²) in [6.45, 7) is 8.52. The van der Waals surface area contributed by atoms with Crippen LogP contribution in [0.5, 0.6) is 0 Å². The van der Waals surface area contributed by atoms with E-state index in [1.54, 1.807) is 11.3 Å². The predicted octanol–water partition coefficient (Wildman–Crippen LogP) is 9.92. The van der Waals surface area contributed by atoms with Crippen LogP contribution in [0, 0.1) is 27.7 Å². The van der Waals surface area contributed by atoms with Crippen molar-refractivity contribution in [3.05, 3.63) is 131 Å². The summed E-state index contributed by atoms with van der Waals surface area (Å²) in [6.07, 6.45) is 0. The number of hydrogen-bond donors (Lipinski definition) is 0. The number of benzene rings is 4. The number of anilines is 6. The van der Waals surface area contributed by atoms with Crippen LogP contribution in [-0.2, 0) is 0 Å². The molecule has 1 heterocycles. The summed E-state index contributed by atoms with van der Waals surface area (Å²) in [5, 5.41) is 2.36. The van der Waals surface area contributed by atoms with Crippen LogP contribution in [0.15, 0.2) is 109 Å². The summed E-state index contributed by atoms with van der Waals surface area (Å²) in [5.74, 6) is 0. The second-order valence-electron chi connectivity index (χ2n) is 9.12. The first-order valence-corrected chi connectivity index (χ1v) is 12.8. The molecular weight excluding hydrogens is 444 g/mol. The van der Waals surface area contributed by atoms with Gasteiger partial charge in [-0.3, -0.25) is 0 Å². The molecule has 0 amide bonds. The van der Waals surface area contributed by atoms with Crippen molar-refractivity contribution in [3.63, 3.8) is 0 Å². The van der Waals surface area contributed by atoms with Gasteiger partial charge in [0, 0.05) is 22.7 Å². The van der Waals surface area contributed by atoms with Crippen molar-refractivity contribution in [1.82, 2.24) is 0 Å². The van der Waals surface area contributed by atoms with Gasteiger partial charge in [0.2, 0.25) is 0 Å². The molecule has 5 rings (SSSR count). The standard InChI is InChI=1S/C32H30N2S/c1-23-5-13-27(14-6-23)33(28-15-7-24(2)8-16-28)31-21-22-32(35-31)34(29-17-9-25(3)10-18-29)30-19-11-26(4)12-20-30/h5-22H,1-4H3. The topological polar surface area (TPSA) is 6.48 Å². The van der Waals surface area contributed by atoms with Gasteiger partial charge in [0.05, 0.1) is 0 Å². The molecule has 0 radical (unpaired) electrons. The number of rotatable bonds is 6. The van der Waals surface area contributed by atoms with E-state index < -0.39 is 0 Å². The molecule has 0 bridgehead atoms. The zero-order valence-electron chi connectivity index (χ0n) is 20.7. The Hall–Kier alpha value is -3.82. The lowest BCUT2D eigenvalue weighted by Gasteiger charge is -2.25. The van der Waals surface area contributed by atoms with Crippen molar-refractivity contribution in [2.24, 2.45) is 0 Å². The zero-order chi connectivity index (χ0) is 24.4. The number of aryl methyl sites for hydroxylation is 4. The van der Waals surface area contributed by atoms with E-state index in [4.69, 9.17) is 0 Å². The van der Waals surface area contributed by atoms with Crippen LogP contribution in [-0.4, -0.2) is 0 Å².